The molecule has 3 aliphatic rings. The molecular weight excluding hydrogens is 441 g/mol. The molecule has 184 valence electrons. The Labute approximate surface area is 206 Å². The van der Waals surface area contributed by atoms with Gasteiger partial charge < -0.3 is 19.0 Å². The molecule has 3 fully saturated rings. The normalized spacial score (nSPS) is 27.0. The van der Waals surface area contributed by atoms with Crippen LogP contribution in [0.4, 0.5) is 4.79 Å². The number of nitrogens with one attached hydrogen (secondary N) is 1. The maximum Gasteiger partial charge on any atom is 0.494 e. The first-order valence-electron chi connectivity index (χ1n) is 12.6. The number of rotatable bonds is 2. The Morgan fingerprint density at radius 2 is 1.83 bits per heavy atom. The van der Waals surface area contributed by atoms with Gasteiger partial charge in [0.05, 0.1) is 28.3 Å². The highest BCUT2D eigenvalue weighted by Gasteiger charge is 2.56. The van der Waals surface area contributed by atoms with E-state index in [9.17, 15) is 4.79 Å². The van der Waals surface area contributed by atoms with E-state index in [1.54, 1.807) is 0 Å². The van der Waals surface area contributed by atoms with E-state index in [0.29, 0.717) is 5.92 Å². The Morgan fingerprint density at radius 1 is 1.11 bits per heavy atom. The summed E-state index contributed by atoms with van der Waals surface area (Å²) in [5.41, 5.74) is 1.61. The molecule has 0 bridgehead atoms. The number of fused-ring (bicyclic) bond motifs is 4. The lowest BCUT2D eigenvalue weighted by Crippen LogP contribution is -2.41. The van der Waals surface area contributed by atoms with Crippen LogP contribution in [0.5, 0.6) is 0 Å². The molecule has 2 saturated heterocycles. The second kappa shape index (κ2) is 7.23. The van der Waals surface area contributed by atoms with E-state index in [0.717, 1.165) is 45.9 Å². The second-order valence-electron chi connectivity index (χ2n) is 12.4. The minimum atomic E-state index is -0.520. The molecule has 8 heteroatoms. The molecule has 0 radical (unpaired) electrons. The molecule has 7 nitrogen and oxygen atoms in total. The monoisotopic (exact) mass is 475 g/mol. The summed E-state index contributed by atoms with van der Waals surface area (Å²) in [7, 11) is -0.401. The van der Waals surface area contributed by atoms with Gasteiger partial charge in [0.2, 0.25) is 0 Å². The van der Waals surface area contributed by atoms with Crippen LogP contribution in [-0.2, 0) is 14.0 Å². The first kappa shape index (κ1) is 22.9. The summed E-state index contributed by atoms with van der Waals surface area (Å²) < 4.78 is 18.2. The Kier molecular flexibility index (Phi) is 4.72. The number of likely N-dealkylation sites (tertiary alicyclic amines) is 1. The zero-order chi connectivity index (χ0) is 24.9. The van der Waals surface area contributed by atoms with Gasteiger partial charge in [0.1, 0.15) is 11.4 Å². The third-order valence-corrected chi connectivity index (χ3v) is 8.06. The van der Waals surface area contributed by atoms with E-state index >= 15 is 0 Å². The number of piperidine rings is 1. The second-order valence-corrected chi connectivity index (χ2v) is 12.4. The number of nitrogens with zero attached hydrogens (tertiary/aromatic N) is 2. The Bertz CT molecular complexity index is 1330. The molecule has 1 saturated carbocycles. The third kappa shape index (κ3) is 3.73. The van der Waals surface area contributed by atoms with E-state index in [1.165, 1.54) is 0 Å². The number of amides is 1. The number of benzene rings is 2. The number of carbonyl (C=O) groups is 1. The summed E-state index contributed by atoms with van der Waals surface area (Å²) in [5.74, 6) is 1.38. The number of imidazole rings is 1. The molecule has 35 heavy (non-hydrogen) atoms. The van der Waals surface area contributed by atoms with Crippen molar-refractivity contribution in [2.24, 2.45) is 5.92 Å². The SMILES string of the molecule is CC(C)(C)OC(=O)N1C2C[C@@H]2C[C@H]1c1nc2c(ccc3cc(B4OC(C)(C)C(C)(C)O4)ccc32)[nH]1. The highest BCUT2D eigenvalue weighted by molar-refractivity contribution is 6.62. The van der Waals surface area contributed by atoms with Crippen LogP contribution in [-0.4, -0.2) is 50.9 Å². The summed E-state index contributed by atoms with van der Waals surface area (Å²) in [6.07, 6.45) is 1.74. The number of aromatic nitrogens is 2. The smallest absolute Gasteiger partial charge is 0.444 e. The zero-order valence-corrected chi connectivity index (χ0v) is 21.6. The van der Waals surface area contributed by atoms with E-state index in [4.69, 9.17) is 19.0 Å². The minimum Gasteiger partial charge on any atom is -0.444 e. The number of carbonyl (C=O) groups excluding carboxylic acids is 1. The van der Waals surface area contributed by atoms with Gasteiger partial charge in [-0.15, -0.1) is 0 Å². The molecule has 1 aliphatic carbocycles. The number of hydrogen-bond donors (Lipinski definition) is 1. The summed E-state index contributed by atoms with van der Waals surface area (Å²) in [5, 5.41) is 2.15. The molecule has 3 aromatic rings. The average Bonchev–Trinajstić information content (AvgIpc) is 3.12. The number of aromatic amines is 1. The van der Waals surface area contributed by atoms with Gasteiger partial charge in [-0.2, -0.15) is 0 Å². The number of H-pyrrole nitrogens is 1. The fourth-order valence-corrected chi connectivity index (χ4v) is 5.40. The van der Waals surface area contributed by atoms with Crippen molar-refractivity contribution in [3.8, 4) is 0 Å². The van der Waals surface area contributed by atoms with Gasteiger partial charge in [0, 0.05) is 11.4 Å². The number of ether oxygens (including phenoxy) is 1. The largest absolute Gasteiger partial charge is 0.494 e. The predicted octanol–water partition coefficient (Wildman–Crippen LogP) is 5.09. The Balaban J connectivity index is 1.32. The van der Waals surface area contributed by atoms with E-state index in [-0.39, 0.29) is 29.4 Å². The molecule has 1 aromatic heterocycles. The quantitative estimate of drug-likeness (QED) is 0.523. The van der Waals surface area contributed by atoms with Crippen LogP contribution >= 0.6 is 0 Å². The van der Waals surface area contributed by atoms with Gasteiger partial charge >= 0.3 is 13.2 Å². The lowest BCUT2D eigenvalue weighted by Gasteiger charge is -2.32. The molecule has 1 N–H and O–H groups in total. The maximum atomic E-state index is 13.0. The molecule has 3 atom stereocenters. The summed E-state index contributed by atoms with van der Waals surface area (Å²) in [6.45, 7) is 14.0. The molecular formula is C27H34BN3O4. The molecule has 1 unspecified atom stereocenters. The van der Waals surface area contributed by atoms with Crippen LogP contribution in [0, 0.1) is 5.92 Å². The van der Waals surface area contributed by atoms with Crippen LogP contribution < -0.4 is 5.46 Å². The molecule has 1 amide bonds. The van der Waals surface area contributed by atoms with Crippen molar-refractivity contribution in [3.63, 3.8) is 0 Å². The van der Waals surface area contributed by atoms with Crippen molar-refractivity contribution in [2.45, 2.75) is 90.2 Å². The molecule has 2 aromatic carbocycles. The van der Waals surface area contributed by atoms with Gasteiger partial charge in [0.15, 0.2) is 0 Å². The van der Waals surface area contributed by atoms with Crippen molar-refractivity contribution < 1.29 is 18.8 Å². The Morgan fingerprint density at radius 3 is 2.51 bits per heavy atom. The van der Waals surface area contributed by atoms with Crippen molar-refractivity contribution in [1.29, 1.82) is 0 Å². The average molecular weight is 475 g/mol. The standard InChI is InChI=1S/C27H34BN3O4/c1-25(2,3)33-24(32)31-20-13-16(20)14-21(31)23-29-19-11-8-15-12-17(9-10-18(15)22(19)30-23)28-34-26(4,5)27(6,7)35-28/h8-12,16,20-21H,13-14H2,1-7H3,(H,29,30)/t16-,20?,21+/m1/s1. The molecule has 3 heterocycles. The van der Waals surface area contributed by atoms with Crippen molar-refractivity contribution in [2.75, 3.05) is 0 Å². The fraction of sp³-hybridized carbons (Fsp3) is 0.556. The summed E-state index contributed by atoms with van der Waals surface area (Å²) in [6, 6.07) is 10.6. The highest BCUT2D eigenvalue weighted by Crippen LogP contribution is 2.53. The number of hydrogen-bond acceptors (Lipinski definition) is 5. The van der Waals surface area contributed by atoms with Gasteiger partial charge in [0.25, 0.3) is 0 Å². The van der Waals surface area contributed by atoms with E-state index in [2.05, 4.69) is 63.0 Å². The fourth-order valence-electron chi connectivity index (χ4n) is 5.40. The molecule has 2 aliphatic heterocycles. The van der Waals surface area contributed by atoms with Gasteiger partial charge in [-0.25, -0.2) is 9.78 Å². The van der Waals surface area contributed by atoms with Gasteiger partial charge in [-0.05, 0) is 84.1 Å². The van der Waals surface area contributed by atoms with Crippen LogP contribution in [0.3, 0.4) is 0 Å². The highest BCUT2D eigenvalue weighted by atomic mass is 16.7. The van der Waals surface area contributed by atoms with Crippen LogP contribution in [0.15, 0.2) is 30.3 Å². The minimum absolute atomic E-state index is 0.0833. The third-order valence-electron chi connectivity index (χ3n) is 8.06. The van der Waals surface area contributed by atoms with Gasteiger partial charge in [-0.1, -0.05) is 24.3 Å². The van der Waals surface area contributed by atoms with Crippen LogP contribution in [0.25, 0.3) is 21.8 Å². The lowest BCUT2D eigenvalue weighted by atomic mass is 9.78. The Hall–Kier alpha value is -2.58. The first-order chi connectivity index (χ1) is 16.3. The zero-order valence-electron chi connectivity index (χ0n) is 21.6. The van der Waals surface area contributed by atoms with Crippen LogP contribution in [0.2, 0.25) is 0 Å². The summed E-state index contributed by atoms with van der Waals surface area (Å²) >= 11 is 0. The molecule has 0 spiro atoms. The predicted molar refractivity (Wildman–Crippen MR) is 137 cm³/mol. The first-order valence-corrected chi connectivity index (χ1v) is 12.6. The topological polar surface area (TPSA) is 76.7 Å². The van der Waals surface area contributed by atoms with Crippen molar-refractivity contribution in [3.05, 3.63) is 36.2 Å². The van der Waals surface area contributed by atoms with E-state index < -0.39 is 12.7 Å². The van der Waals surface area contributed by atoms with E-state index in [1.807, 2.05) is 25.7 Å². The maximum absolute atomic E-state index is 13.0. The van der Waals surface area contributed by atoms with Crippen molar-refractivity contribution in [1.82, 2.24) is 14.9 Å². The van der Waals surface area contributed by atoms with Gasteiger partial charge in [-0.3, -0.25) is 4.90 Å². The lowest BCUT2D eigenvalue weighted by molar-refractivity contribution is 0.00578. The summed E-state index contributed by atoms with van der Waals surface area (Å²) in [4.78, 5) is 23.4. The molecule has 6 rings (SSSR count). The van der Waals surface area contributed by atoms with Crippen molar-refractivity contribution >= 4 is 40.5 Å². The van der Waals surface area contributed by atoms with Crippen LogP contribution in [0.1, 0.15) is 73.2 Å².